The third kappa shape index (κ3) is 5.93. The van der Waals surface area contributed by atoms with E-state index in [2.05, 4.69) is 4.72 Å². The normalized spacial score (nSPS) is 11.1. The van der Waals surface area contributed by atoms with Gasteiger partial charge < -0.3 is 14.7 Å². The number of nitrogens with zero attached hydrogens (tertiary/aromatic N) is 1. The average molecular weight is 438 g/mol. The number of anilines is 1. The minimum absolute atomic E-state index is 0.0144. The molecule has 0 heterocycles. The van der Waals surface area contributed by atoms with Gasteiger partial charge in [-0.15, -0.1) is 0 Å². The highest BCUT2D eigenvalue weighted by molar-refractivity contribution is 7.92. The molecule has 0 aliphatic carbocycles. The second-order valence-corrected chi connectivity index (χ2v) is 8.46. The van der Waals surface area contributed by atoms with Crippen LogP contribution in [0.5, 0.6) is 5.75 Å². The minimum atomic E-state index is -4.12. The Kier molecular flexibility index (Phi) is 7.38. The van der Waals surface area contributed by atoms with Crippen LogP contribution in [-0.2, 0) is 14.8 Å². The summed E-state index contributed by atoms with van der Waals surface area (Å²) in [7, 11) is -0.955. The van der Waals surface area contributed by atoms with E-state index < -0.39 is 21.8 Å². The van der Waals surface area contributed by atoms with Crippen molar-refractivity contribution in [3.8, 4) is 5.75 Å². The molecular formula is C20H23FN2O6S. The third-order valence-electron chi connectivity index (χ3n) is 4.14. The van der Waals surface area contributed by atoms with Crippen molar-refractivity contribution in [2.75, 3.05) is 25.4 Å². The van der Waals surface area contributed by atoms with Gasteiger partial charge in [-0.3, -0.25) is 14.3 Å². The number of halogens is 1. The number of aryl methyl sites for hydroxylation is 1. The predicted octanol–water partition coefficient (Wildman–Crippen LogP) is 2.88. The van der Waals surface area contributed by atoms with E-state index in [1.807, 2.05) is 0 Å². The van der Waals surface area contributed by atoms with Crippen molar-refractivity contribution in [2.24, 2.45) is 0 Å². The quantitative estimate of drug-likeness (QED) is 0.582. The maximum Gasteiger partial charge on any atom is 0.303 e. The number of carboxylic acids is 1. The number of carbonyl (C=O) groups excluding carboxylic acids is 1. The summed E-state index contributed by atoms with van der Waals surface area (Å²) in [6, 6.07) is 7.80. The van der Waals surface area contributed by atoms with E-state index in [-0.39, 0.29) is 41.7 Å². The topological polar surface area (TPSA) is 113 Å². The van der Waals surface area contributed by atoms with Gasteiger partial charge in [0.25, 0.3) is 15.9 Å². The first-order valence-corrected chi connectivity index (χ1v) is 10.5. The smallest absolute Gasteiger partial charge is 0.303 e. The number of sulfonamides is 1. The molecule has 0 unspecified atom stereocenters. The van der Waals surface area contributed by atoms with Crippen LogP contribution >= 0.6 is 0 Å². The number of aliphatic carboxylic acids is 1. The van der Waals surface area contributed by atoms with Crippen LogP contribution in [0.25, 0.3) is 0 Å². The second-order valence-electron chi connectivity index (χ2n) is 6.77. The summed E-state index contributed by atoms with van der Waals surface area (Å²) in [6.45, 7) is 1.66. The zero-order chi connectivity index (χ0) is 22.5. The summed E-state index contributed by atoms with van der Waals surface area (Å²) in [5.41, 5.74) is 1.10. The molecule has 0 aliphatic heterocycles. The van der Waals surface area contributed by atoms with Crippen LogP contribution < -0.4 is 9.46 Å². The third-order valence-corrected chi connectivity index (χ3v) is 5.50. The van der Waals surface area contributed by atoms with Crippen LogP contribution in [0, 0.1) is 12.7 Å². The Morgan fingerprint density at radius 3 is 2.47 bits per heavy atom. The van der Waals surface area contributed by atoms with Crippen molar-refractivity contribution >= 4 is 27.6 Å². The number of carboxylic acid groups (broad SMARTS) is 1. The highest BCUT2D eigenvalue weighted by Gasteiger charge is 2.19. The lowest BCUT2D eigenvalue weighted by Gasteiger charge is -2.15. The van der Waals surface area contributed by atoms with Crippen molar-refractivity contribution in [2.45, 2.75) is 24.7 Å². The molecule has 0 bridgehead atoms. The van der Waals surface area contributed by atoms with E-state index >= 15 is 0 Å². The fourth-order valence-electron chi connectivity index (χ4n) is 2.50. The Balaban J connectivity index is 2.20. The van der Waals surface area contributed by atoms with Crippen molar-refractivity contribution in [1.29, 1.82) is 0 Å². The molecule has 0 aromatic heterocycles. The summed E-state index contributed by atoms with van der Waals surface area (Å²) < 4.78 is 47.2. The predicted molar refractivity (Wildman–Crippen MR) is 109 cm³/mol. The molecular weight excluding hydrogens is 415 g/mol. The van der Waals surface area contributed by atoms with Gasteiger partial charge in [0.05, 0.1) is 17.2 Å². The van der Waals surface area contributed by atoms with Crippen molar-refractivity contribution < 1.29 is 32.2 Å². The fraction of sp³-hybridized carbons (Fsp3) is 0.300. The average Bonchev–Trinajstić information content (AvgIpc) is 2.66. The highest BCUT2D eigenvalue weighted by atomic mass is 32.2. The lowest BCUT2D eigenvalue weighted by molar-refractivity contribution is -0.137. The monoisotopic (exact) mass is 438 g/mol. The summed E-state index contributed by atoms with van der Waals surface area (Å²) >= 11 is 0. The number of hydrogen-bond donors (Lipinski definition) is 2. The molecule has 0 fully saturated rings. The summed E-state index contributed by atoms with van der Waals surface area (Å²) in [5, 5.41) is 8.58. The van der Waals surface area contributed by atoms with Gasteiger partial charge in [-0.05, 0) is 49.2 Å². The maximum absolute atomic E-state index is 14.3. The largest absolute Gasteiger partial charge is 0.491 e. The number of rotatable bonds is 9. The zero-order valence-electron chi connectivity index (χ0n) is 16.8. The lowest BCUT2D eigenvalue weighted by Crippen LogP contribution is -2.22. The van der Waals surface area contributed by atoms with Crippen molar-refractivity contribution in [3.63, 3.8) is 0 Å². The SMILES string of the molecule is Cc1ccc(C(=O)N(C)C)cc1NS(=O)(=O)c1ccc(OCCCC(=O)O)c(F)c1. The summed E-state index contributed by atoms with van der Waals surface area (Å²) in [5.74, 6) is -2.33. The molecule has 10 heteroatoms. The number of hydrogen-bond acceptors (Lipinski definition) is 5. The van der Waals surface area contributed by atoms with Gasteiger partial charge in [0.1, 0.15) is 0 Å². The molecule has 0 radical (unpaired) electrons. The molecule has 162 valence electrons. The van der Waals surface area contributed by atoms with E-state index in [4.69, 9.17) is 9.84 Å². The minimum Gasteiger partial charge on any atom is -0.491 e. The number of ether oxygens (including phenoxy) is 1. The second kappa shape index (κ2) is 9.57. The van der Waals surface area contributed by atoms with Gasteiger partial charge in [0.15, 0.2) is 11.6 Å². The van der Waals surface area contributed by atoms with Crippen molar-refractivity contribution in [3.05, 3.63) is 53.3 Å². The van der Waals surface area contributed by atoms with Crippen LogP contribution in [0.2, 0.25) is 0 Å². The Morgan fingerprint density at radius 1 is 1.17 bits per heavy atom. The Morgan fingerprint density at radius 2 is 1.87 bits per heavy atom. The molecule has 0 saturated heterocycles. The summed E-state index contributed by atoms with van der Waals surface area (Å²) in [6.07, 6.45) is 0.0738. The van der Waals surface area contributed by atoms with E-state index in [9.17, 15) is 22.4 Å². The Hall–Kier alpha value is -3.14. The van der Waals surface area contributed by atoms with Gasteiger partial charge in [0.2, 0.25) is 0 Å². The van der Waals surface area contributed by atoms with Gasteiger partial charge in [-0.1, -0.05) is 6.07 Å². The van der Waals surface area contributed by atoms with E-state index in [1.165, 1.54) is 23.1 Å². The lowest BCUT2D eigenvalue weighted by atomic mass is 10.1. The van der Waals surface area contributed by atoms with Gasteiger partial charge in [-0.2, -0.15) is 0 Å². The van der Waals surface area contributed by atoms with Crippen LogP contribution in [0.1, 0.15) is 28.8 Å². The highest BCUT2D eigenvalue weighted by Crippen LogP contribution is 2.25. The number of nitrogens with one attached hydrogen (secondary N) is 1. The van der Waals surface area contributed by atoms with E-state index in [0.717, 1.165) is 6.07 Å². The molecule has 1 amide bonds. The molecule has 30 heavy (non-hydrogen) atoms. The van der Waals surface area contributed by atoms with Crippen LogP contribution in [0.4, 0.5) is 10.1 Å². The standard InChI is InChI=1S/C20H23FN2O6S/c1-13-6-7-14(20(26)23(2)3)11-17(13)22-30(27,28)15-8-9-18(16(21)12-15)29-10-4-5-19(24)25/h6-9,11-12,22H,4-5,10H2,1-3H3,(H,24,25). The van der Waals surface area contributed by atoms with Crippen molar-refractivity contribution in [1.82, 2.24) is 4.90 Å². The molecule has 2 aromatic rings. The van der Waals surface area contributed by atoms with Gasteiger partial charge in [0, 0.05) is 26.1 Å². The van der Waals surface area contributed by atoms with Gasteiger partial charge >= 0.3 is 5.97 Å². The van der Waals surface area contributed by atoms with Crippen LogP contribution in [0.3, 0.4) is 0 Å². The maximum atomic E-state index is 14.3. The zero-order valence-corrected chi connectivity index (χ0v) is 17.6. The molecule has 2 rings (SSSR count). The van der Waals surface area contributed by atoms with E-state index in [0.29, 0.717) is 11.1 Å². The summed E-state index contributed by atoms with van der Waals surface area (Å²) in [4.78, 5) is 23.6. The molecule has 0 saturated carbocycles. The molecule has 2 N–H and O–H groups in total. The van der Waals surface area contributed by atoms with Crippen LogP contribution in [0.15, 0.2) is 41.3 Å². The molecule has 0 spiro atoms. The van der Waals surface area contributed by atoms with Gasteiger partial charge in [-0.25, -0.2) is 12.8 Å². The number of benzene rings is 2. The Labute approximate surface area is 174 Å². The van der Waals surface area contributed by atoms with Crippen LogP contribution in [-0.4, -0.2) is 51.0 Å². The molecule has 0 aliphatic rings. The fourth-order valence-corrected chi connectivity index (χ4v) is 3.63. The first kappa shape index (κ1) is 23.1. The first-order chi connectivity index (χ1) is 14.0. The molecule has 8 nitrogen and oxygen atoms in total. The molecule has 0 atom stereocenters. The number of carbonyl (C=O) groups is 2. The Bertz CT molecular complexity index is 1050. The molecule has 2 aromatic carbocycles. The number of amides is 1. The van der Waals surface area contributed by atoms with E-state index in [1.54, 1.807) is 33.2 Å². The first-order valence-electron chi connectivity index (χ1n) is 9.00.